The number of benzene rings is 3. The van der Waals surface area contributed by atoms with Crippen molar-refractivity contribution in [1.82, 2.24) is 0 Å². The molecule has 4 nitrogen and oxygen atoms in total. The van der Waals surface area contributed by atoms with E-state index >= 15 is 0 Å². The highest BCUT2D eigenvalue weighted by molar-refractivity contribution is 5.74. The number of hydrogen-bond donors (Lipinski definition) is 2. The van der Waals surface area contributed by atoms with E-state index in [1.54, 1.807) is 0 Å². The molecule has 6 atom stereocenters. The van der Waals surface area contributed by atoms with Crippen molar-refractivity contribution in [2.75, 3.05) is 26.4 Å². The number of rotatable bonds is 10. The standard InChI is InChI=1S/C42H38O4/c43-24-26-45-40-22-20-32(28-36(40)30-12-4-1-2-5-13-30)42(38-18-10-8-16-34(38)35-17-9-11-19-39(35)42)33-21-23-41(46-27-25-44)37(29-33)31-14-6-3-7-15-31/h1-4,6-12,14-23,28-30,34,36,38,40,43-44H,24-27H2. The van der Waals surface area contributed by atoms with Gasteiger partial charge in [0.25, 0.3) is 0 Å². The molecule has 0 aliphatic heterocycles. The van der Waals surface area contributed by atoms with Gasteiger partial charge in [0.2, 0.25) is 0 Å². The van der Waals surface area contributed by atoms with Gasteiger partial charge in [-0.1, -0.05) is 133 Å². The van der Waals surface area contributed by atoms with Crippen LogP contribution in [-0.2, 0) is 10.2 Å². The van der Waals surface area contributed by atoms with Gasteiger partial charge in [0.1, 0.15) is 12.4 Å². The van der Waals surface area contributed by atoms with Crippen molar-refractivity contribution in [3.05, 3.63) is 162 Å². The lowest BCUT2D eigenvalue weighted by Crippen LogP contribution is -2.38. The van der Waals surface area contributed by atoms with Gasteiger partial charge in [-0.3, -0.25) is 0 Å². The van der Waals surface area contributed by atoms with Crippen LogP contribution < -0.4 is 4.74 Å². The third-order valence-corrected chi connectivity index (χ3v) is 9.60. The van der Waals surface area contributed by atoms with Gasteiger partial charge in [-0.05, 0) is 46.0 Å². The van der Waals surface area contributed by atoms with Crippen LogP contribution in [0.5, 0.6) is 5.75 Å². The van der Waals surface area contributed by atoms with Crippen LogP contribution in [0.3, 0.4) is 0 Å². The first-order valence-corrected chi connectivity index (χ1v) is 16.1. The van der Waals surface area contributed by atoms with Crippen LogP contribution in [0.15, 0.2) is 145 Å². The summed E-state index contributed by atoms with van der Waals surface area (Å²) in [6.07, 6.45) is 23.7. The fraction of sp³-hybridized carbons (Fsp3) is 0.238. The van der Waals surface area contributed by atoms with Gasteiger partial charge in [0, 0.05) is 29.2 Å². The molecule has 0 heterocycles. The van der Waals surface area contributed by atoms with Gasteiger partial charge in [-0.25, -0.2) is 0 Å². The molecule has 0 saturated carbocycles. The fourth-order valence-corrected chi connectivity index (χ4v) is 7.72. The van der Waals surface area contributed by atoms with Crippen molar-refractivity contribution >= 4 is 0 Å². The first-order valence-electron chi connectivity index (χ1n) is 16.1. The zero-order valence-corrected chi connectivity index (χ0v) is 25.7. The molecule has 0 saturated heterocycles. The number of ether oxygens (including phenoxy) is 2. The van der Waals surface area contributed by atoms with Crippen LogP contribution in [0.25, 0.3) is 11.1 Å². The highest BCUT2D eigenvalue weighted by Gasteiger charge is 2.54. The van der Waals surface area contributed by atoms with E-state index in [0.29, 0.717) is 0 Å². The molecule has 6 unspecified atom stereocenters. The Bertz CT molecular complexity index is 1810. The Balaban J connectivity index is 1.47. The fourth-order valence-electron chi connectivity index (χ4n) is 7.72. The molecule has 0 fully saturated rings. The van der Waals surface area contributed by atoms with Gasteiger partial charge in [-0.15, -0.1) is 0 Å². The Hall–Kier alpha value is -4.66. The summed E-state index contributed by atoms with van der Waals surface area (Å²) in [5.41, 5.74) is 6.54. The first kappa shape index (κ1) is 30.0. The minimum atomic E-state index is -0.515. The molecular formula is C42H38O4. The Kier molecular flexibility index (Phi) is 8.72. The third kappa shape index (κ3) is 5.31. The molecule has 4 aliphatic carbocycles. The smallest absolute Gasteiger partial charge is 0.127 e. The van der Waals surface area contributed by atoms with Crippen LogP contribution in [0.2, 0.25) is 0 Å². The highest BCUT2D eigenvalue weighted by atomic mass is 16.5. The van der Waals surface area contributed by atoms with Crippen molar-refractivity contribution in [2.24, 2.45) is 17.8 Å². The van der Waals surface area contributed by atoms with Crippen molar-refractivity contribution in [1.29, 1.82) is 0 Å². The molecule has 3 aromatic carbocycles. The first-order chi connectivity index (χ1) is 22.8. The summed E-state index contributed by atoms with van der Waals surface area (Å²) in [6, 6.07) is 25.8. The van der Waals surface area contributed by atoms with Crippen molar-refractivity contribution in [3.8, 4) is 28.7 Å². The minimum Gasteiger partial charge on any atom is -0.491 e. The van der Waals surface area contributed by atoms with Gasteiger partial charge < -0.3 is 19.7 Å². The molecule has 0 bridgehead atoms. The van der Waals surface area contributed by atoms with E-state index in [2.05, 4.69) is 121 Å². The minimum absolute atomic E-state index is 0.0352. The largest absolute Gasteiger partial charge is 0.491 e. The summed E-state index contributed by atoms with van der Waals surface area (Å²) in [4.78, 5) is 0. The second-order valence-electron chi connectivity index (χ2n) is 12.0. The maximum atomic E-state index is 9.63. The monoisotopic (exact) mass is 606 g/mol. The molecule has 230 valence electrons. The maximum absolute atomic E-state index is 9.63. The number of aliphatic hydroxyl groups is 2. The van der Waals surface area contributed by atoms with Crippen LogP contribution in [0, 0.1) is 29.6 Å². The van der Waals surface area contributed by atoms with E-state index < -0.39 is 5.41 Å². The topological polar surface area (TPSA) is 58.9 Å². The molecule has 4 aliphatic rings. The summed E-state index contributed by atoms with van der Waals surface area (Å²) >= 11 is 0. The average Bonchev–Trinajstić information content (AvgIpc) is 3.22. The van der Waals surface area contributed by atoms with Gasteiger partial charge in [-0.2, -0.15) is 0 Å². The van der Waals surface area contributed by atoms with Gasteiger partial charge in [0.05, 0.1) is 31.3 Å². The lowest BCUT2D eigenvalue weighted by atomic mass is 9.60. The second kappa shape index (κ2) is 13.4. The molecule has 7 rings (SSSR count). The summed E-state index contributed by atoms with van der Waals surface area (Å²) in [5, 5.41) is 19.2. The molecule has 46 heavy (non-hydrogen) atoms. The average molecular weight is 607 g/mol. The van der Waals surface area contributed by atoms with E-state index in [4.69, 9.17) is 9.47 Å². The molecule has 2 N–H and O–H groups in total. The lowest BCUT2D eigenvalue weighted by Gasteiger charge is -2.42. The molecule has 0 amide bonds. The van der Waals surface area contributed by atoms with Gasteiger partial charge >= 0.3 is 0 Å². The molecule has 0 aromatic heterocycles. The number of fused-ring (bicyclic) bond motifs is 3. The predicted octanol–water partition coefficient (Wildman–Crippen LogP) is 7.09. The van der Waals surface area contributed by atoms with Crippen LogP contribution in [-0.4, -0.2) is 42.7 Å². The van der Waals surface area contributed by atoms with E-state index in [-0.39, 0.29) is 56.2 Å². The van der Waals surface area contributed by atoms with Crippen LogP contribution in [0.4, 0.5) is 0 Å². The Morgan fingerprint density at radius 3 is 2.46 bits per heavy atom. The van der Waals surface area contributed by atoms with Crippen LogP contribution >= 0.6 is 0 Å². The molecule has 3 aromatic rings. The lowest BCUT2D eigenvalue weighted by molar-refractivity contribution is 0.0274. The van der Waals surface area contributed by atoms with Gasteiger partial charge in [0.15, 0.2) is 0 Å². The normalized spacial score (nSPS) is 26.9. The molecular weight excluding hydrogens is 568 g/mol. The van der Waals surface area contributed by atoms with Crippen molar-refractivity contribution in [2.45, 2.75) is 17.4 Å². The van der Waals surface area contributed by atoms with Crippen LogP contribution in [0.1, 0.15) is 22.6 Å². The SMILES string of the molecule is OCCOc1ccc(C2(C3=CC(C4C#CC=CC=C4)C(OCCO)C=C3)c3ccccc3C3C=CC=CC32)cc1-c1ccccc1. The Labute approximate surface area is 271 Å². The predicted molar refractivity (Wildman–Crippen MR) is 183 cm³/mol. The van der Waals surface area contributed by atoms with E-state index in [1.165, 1.54) is 22.3 Å². The summed E-state index contributed by atoms with van der Waals surface area (Å²) in [6.45, 7) is 0.396. The summed E-state index contributed by atoms with van der Waals surface area (Å²) < 4.78 is 12.3. The third-order valence-electron chi connectivity index (χ3n) is 9.60. The zero-order chi connectivity index (χ0) is 31.3. The summed E-state index contributed by atoms with van der Waals surface area (Å²) in [5.74, 6) is 7.63. The zero-order valence-electron chi connectivity index (χ0n) is 25.7. The quantitative estimate of drug-likeness (QED) is 0.242. The second-order valence-corrected chi connectivity index (χ2v) is 12.0. The number of aliphatic hydroxyl groups excluding tert-OH is 2. The maximum Gasteiger partial charge on any atom is 0.127 e. The Morgan fingerprint density at radius 1 is 0.783 bits per heavy atom. The van der Waals surface area contributed by atoms with Crippen molar-refractivity contribution < 1.29 is 19.7 Å². The summed E-state index contributed by atoms with van der Waals surface area (Å²) in [7, 11) is 0. The van der Waals surface area contributed by atoms with E-state index in [0.717, 1.165) is 16.9 Å². The number of allylic oxidation sites excluding steroid dienone is 10. The molecule has 0 radical (unpaired) electrons. The van der Waals surface area contributed by atoms with E-state index in [1.807, 2.05) is 30.4 Å². The van der Waals surface area contributed by atoms with Crippen molar-refractivity contribution in [3.63, 3.8) is 0 Å². The Morgan fingerprint density at radius 2 is 1.59 bits per heavy atom. The number of hydrogen-bond acceptors (Lipinski definition) is 4. The van der Waals surface area contributed by atoms with E-state index in [9.17, 15) is 10.2 Å². The molecule has 4 heteroatoms. The highest BCUT2D eigenvalue weighted by Crippen LogP contribution is 2.61. The molecule has 0 spiro atoms.